The smallest absolute Gasteiger partial charge is 0.279 e. The van der Waals surface area contributed by atoms with Gasteiger partial charge in [0.25, 0.3) is 11.8 Å². The van der Waals surface area contributed by atoms with Crippen LogP contribution in [0.15, 0.2) is 48.5 Å². The van der Waals surface area contributed by atoms with Gasteiger partial charge in [0.2, 0.25) is 0 Å². The Morgan fingerprint density at radius 1 is 1.04 bits per heavy atom. The van der Waals surface area contributed by atoms with Gasteiger partial charge in [-0.3, -0.25) is 9.59 Å². The topological polar surface area (TPSA) is 53.9 Å². The number of aryl methyl sites for hydroxylation is 1. The second kappa shape index (κ2) is 9.10. The predicted octanol–water partition coefficient (Wildman–Crippen LogP) is 1.25. The van der Waals surface area contributed by atoms with E-state index in [1.807, 2.05) is 31.2 Å². The van der Waals surface area contributed by atoms with Crippen molar-refractivity contribution in [1.82, 2.24) is 4.90 Å². The van der Waals surface area contributed by atoms with E-state index in [1.165, 1.54) is 29.8 Å². The van der Waals surface area contributed by atoms with E-state index >= 15 is 0 Å². The molecule has 2 aromatic carbocycles. The number of benzene rings is 2. The van der Waals surface area contributed by atoms with Crippen LogP contribution in [0.4, 0.5) is 10.1 Å². The summed E-state index contributed by atoms with van der Waals surface area (Å²) in [5.41, 5.74) is 2.78. The molecular weight excluding hydrogens is 333 g/mol. The molecule has 0 bridgehead atoms. The van der Waals surface area contributed by atoms with Crippen molar-refractivity contribution in [2.24, 2.45) is 0 Å². The van der Waals surface area contributed by atoms with Crippen molar-refractivity contribution >= 4 is 17.5 Å². The number of hydrogen-bond acceptors (Lipinski definition) is 2. The van der Waals surface area contributed by atoms with Crippen LogP contribution in [0.25, 0.3) is 0 Å². The van der Waals surface area contributed by atoms with Crippen molar-refractivity contribution in [3.63, 3.8) is 0 Å². The zero-order valence-corrected chi connectivity index (χ0v) is 15.4. The minimum absolute atomic E-state index is 0.0299. The zero-order chi connectivity index (χ0) is 19.1. The number of quaternary nitrogens is 1. The molecule has 0 radical (unpaired) electrons. The van der Waals surface area contributed by atoms with E-state index < -0.39 is 0 Å². The van der Waals surface area contributed by atoms with Crippen molar-refractivity contribution in [3.05, 3.63) is 65.5 Å². The third-order valence-corrected chi connectivity index (χ3v) is 4.01. The summed E-state index contributed by atoms with van der Waals surface area (Å²) in [7, 11) is 3.55. The standard InChI is InChI=1S/C20H24FN3O2/c1-15-4-6-16(7-5-15)12-24(3)20(26)14-23(2)13-19(25)22-18-10-8-17(21)9-11-18/h4-11H,12-14H2,1-3H3,(H,22,25)/p+1. The Kier molecular flexibility index (Phi) is 6.86. The van der Waals surface area contributed by atoms with Crippen molar-refractivity contribution < 1.29 is 18.9 Å². The fourth-order valence-electron chi connectivity index (χ4n) is 2.52. The lowest BCUT2D eigenvalue weighted by atomic mass is 10.1. The molecule has 2 rings (SSSR count). The van der Waals surface area contributed by atoms with Crippen molar-refractivity contribution in [1.29, 1.82) is 0 Å². The maximum Gasteiger partial charge on any atom is 0.279 e. The highest BCUT2D eigenvalue weighted by Gasteiger charge is 2.17. The molecule has 2 N–H and O–H groups in total. The van der Waals surface area contributed by atoms with Gasteiger partial charge in [-0.05, 0) is 36.8 Å². The molecule has 0 saturated carbocycles. The second-order valence-electron chi connectivity index (χ2n) is 6.60. The fourth-order valence-corrected chi connectivity index (χ4v) is 2.52. The SMILES string of the molecule is Cc1ccc(CN(C)C(=O)C[NH+](C)CC(=O)Nc2ccc(F)cc2)cc1. The Balaban J connectivity index is 1.79. The van der Waals surface area contributed by atoms with Gasteiger partial charge in [-0.15, -0.1) is 0 Å². The van der Waals surface area contributed by atoms with Crippen LogP contribution >= 0.6 is 0 Å². The minimum Gasteiger partial charge on any atom is -0.337 e. The first-order chi connectivity index (χ1) is 12.3. The molecule has 0 heterocycles. The first kappa shape index (κ1) is 19.6. The summed E-state index contributed by atoms with van der Waals surface area (Å²) in [6.45, 7) is 2.93. The Morgan fingerprint density at radius 2 is 1.65 bits per heavy atom. The molecule has 0 aliphatic heterocycles. The number of likely N-dealkylation sites (N-methyl/N-ethyl adjacent to an activating group) is 2. The summed E-state index contributed by atoms with van der Waals surface area (Å²) in [5.74, 6) is -0.603. The summed E-state index contributed by atoms with van der Waals surface area (Å²) in [6.07, 6.45) is 0. The average Bonchev–Trinajstić information content (AvgIpc) is 2.58. The fraction of sp³-hybridized carbons (Fsp3) is 0.300. The highest BCUT2D eigenvalue weighted by molar-refractivity contribution is 5.91. The lowest BCUT2D eigenvalue weighted by molar-refractivity contribution is -0.862. The number of amides is 2. The van der Waals surface area contributed by atoms with Gasteiger partial charge >= 0.3 is 0 Å². The van der Waals surface area contributed by atoms with Gasteiger partial charge in [-0.25, -0.2) is 4.39 Å². The van der Waals surface area contributed by atoms with Gasteiger partial charge in [-0.1, -0.05) is 29.8 Å². The molecule has 1 atom stereocenters. The van der Waals surface area contributed by atoms with E-state index in [0.717, 1.165) is 10.5 Å². The molecule has 0 saturated heterocycles. The van der Waals surface area contributed by atoms with Crippen molar-refractivity contribution in [3.8, 4) is 0 Å². The summed E-state index contributed by atoms with van der Waals surface area (Å²) in [5, 5.41) is 2.70. The summed E-state index contributed by atoms with van der Waals surface area (Å²) in [4.78, 5) is 26.8. The number of carbonyl (C=O) groups excluding carboxylic acids is 2. The van der Waals surface area contributed by atoms with E-state index in [0.29, 0.717) is 12.2 Å². The van der Waals surface area contributed by atoms with Crippen LogP contribution in [0.5, 0.6) is 0 Å². The highest BCUT2D eigenvalue weighted by atomic mass is 19.1. The molecule has 138 valence electrons. The third kappa shape index (κ3) is 6.29. The summed E-state index contributed by atoms with van der Waals surface area (Å²) < 4.78 is 12.9. The monoisotopic (exact) mass is 358 g/mol. The van der Waals surface area contributed by atoms with Gasteiger partial charge < -0.3 is 15.1 Å². The predicted molar refractivity (Wildman–Crippen MR) is 99.3 cm³/mol. The van der Waals surface area contributed by atoms with Crippen molar-refractivity contribution in [2.75, 3.05) is 32.5 Å². The first-order valence-electron chi connectivity index (χ1n) is 8.49. The average molecular weight is 358 g/mol. The van der Waals surface area contributed by atoms with Crippen LogP contribution < -0.4 is 10.2 Å². The van der Waals surface area contributed by atoms with Crippen LogP contribution in [0.2, 0.25) is 0 Å². The molecule has 0 aromatic heterocycles. The van der Waals surface area contributed by atoms with Gasteiger partial charge in [-0.2, -0.15) is 0 Å². The van der Waals surface area contributed by atoms with E-state index in [2.05, 4.69) is 5.32 Å². The van der Waals surface area contributed by atoms with Crippen LogP contribution in [0, 0.1) is 12.7 Å². The lowest BCUT2D eigenvalue weighted by Gasteiger charge is -2.20. The van der Waals surface area contributed by atoms with E-state index in [4.69, 9.17) is 0 Å². The Hall–Kier alpha value is -2.73. The highest BCUT2D eigenvalue weighted by Crippen LogP contribution is 2.07. The molecular formula is C20H25FN3O2+. The Bertz CT molecular complexity index is 745. The quantitative estimate of drug-likeness (QED) is 0.783. The van der Waals surface area contributed by atoms with Gasteiger partial charge in [0, 0.05) is 19.3 Å². The van der Waals surface area contributed by atoms with E-state index in [-0.39, 0.29) is 30.7 Å². The summed E-state index contributed by atoms with van der Waals surface area (Å²) >= 11 is 0. The number of halogens is 1. The summed E-state index contributed by atoms with van der Waals surface area (Å²) in [6, 6.07) is 13.6. The Morgan fingerprint density at radius 3 is 2.27 bits per heavy atom. The van der Waals surface area contributed by atoms with Gasteiger partial charge in [0.1, 0.15) is 5.82 Å². The molecule has 26 heavy (non-hydrogen) atoms. The molecule has 0 aliphatic carbocycles. The number of nitrogens with one attached hydrogen (secondary N) is 2. The molecule has 1 unspecified atom stereocenters. The minimum atomic E-state index is -0.354. The number of rotatable bonds is 7. The maximum atomic E-state index is 12.9. The van der Waals surface area contributed by atoms with Crippen LogP contribution in [0.3, 0.4) is 0 Å². The molecule has 0 spiro atoms. The van der Waals surface area contributed by atoms with E-state index in [9.17, 15) is 14.0 Å². The number of carbonyl (C=O) groups is 2. The van der Waals surface area contributed by atoms with E-state index in [1.54, 1.807) is 19.0 Å². The molecule has 0 aliphatic rings. The third-order valence-electron chi connectivity index (χ3n) is 4.01. The number of nitrogens with zero attached hydrogens (tertiary/aromatic N) is 1. The lowest BCUT2D eigenvalue weighted by Crippen LogP contribution is -3.11. The maximum absolute atomic E-state index is 12.9. The molecule has 5 nitrogen and oxygen atoms in total. The second-order valence-corrected chi connectivity index (χ2v) is 6.60. The van der Waals surface area contributed by atoms with Crippen molar-refractivity contribution in [2.45, 2.75) is 13.5 Å². The van der Waals surface area contributed by atoms with Gasteiger partial charge in [0.05, 0.1) is 7.05 Å². The number of anilines is 1. The number of hydrogen-bond donors (Lipinski definition) is 2. The molecule has 2 amide bonds. The molecule has 6 heteroatoms. The first-order valence-corrected chi connectivity index (χ1v) is 8.49. The van der Waals surface area contributed by atoms with Crippen LogP contribution in [0.1, 0.15) is 11.1 Å². The normalized spacial score (nSPS) is 11.7. The Labute approximate surface area is 153 Å². The largest absolute Gasteiger partial charge is 0.337 e. The molecule has 2 aromatic rings. The molecule has 0 fully saturated rings. The zero-order valence-electron chi connectivity index (χ0n) is 15.4. The van der Waals surface area contributed by atoms with Crippen LogP contribution in [-0.2, 0) is 16.1 Å². The van der Waals surface area contributed by atoms with Crippen LogP contribution in [-0.4, -0.2) is 43.9 Å². The van der Waals surface area contributed by atoms with Gasteiger partial charge in [0.15, 0.2) is 13.1 Å².